The molecular formula is C16H22Cl2N2O2. The number of nitrogens with zero attached hydrogens (tertiary/aromatic N) is 2. The van der Waals surface area contributed by atoms with Crippen molar-refractivity contribution in [1.82, 2.24) is 9.80 Å². The van der Waals surface area contributed by atoms with E-state index < -0.39 is 6.10 Å². The molecule has 0 aliphatic carbocycles. The van der Waals surface area contributed by atoms with Crippen LogP contribution >= 0.6 is 23.2 Å². The Kier molecular flexibility index (Phi) is 6.09. The van der Waals surface area contributed by atoms with E-state index in [1.807, 2.05) is 0 Å². The first-order valence-corrected chi connectivity index (χ1v) is 8.17. The van der Waals surface area contributed by atoms with Gasteiger partial charge in [0.1, 0.15) is 0 Å². The van der Waals surface area contributed by atoms with Gasteiger partial charge < -0.3 is 14.9 Å². The average molecular weight is 345 g/mol. The first-order valence-electron chi connectivity index (χ1n) is 7.41. The number of carbonyl (C=O) groups excluding carboxylic acids is 1. The van der Waals surface area contributed by atoms with Gasteiger partial charge in [-0.2, -0.15) is 0 Å². The summed E-state index contributed by atoms with van der Waals surface area (Å²) in [5.74, 6) is 0.440. The van der Waals surface area contributed by atoms with E-state index in [2.05, 4.69) is 11.9 Å². The molecule has 1 saturated heterocycles. The molecule has 2 rings (SSSR count). The summed E-state index contributed by atoms with van der Waals surface area (Å²) in [6.07, 6.45) is 0.258. The molecule has 2 unspecified atom stereocenters. The highest BCUT2D eigenvalue weighted by Crippen LogP contribution is 2.26. The number of likely N-dealkylation sites (tertiary alicyclic amines) is 1. The second kappa shape index (κ2) is 7.64. The molecule has 22 heavy (non-hydrogen) atoms. The monoisotopic (exact) mass is 344 g/mol. The Balaban J connectivity index is 1.89. The molecule has 0 radical (unpaired) electrons. The Morgan fingerprint density at radius 3 is 2.59 bits per heavy atom. The van der Waals surface area contributed by atoms with Crippen LogP contribution in [-0.4, -0.2) is 54.5 Å². The van der Waals surface area contributed by atoms with E-state index >= 15 is 0 Å². The third-order valence-corrected chi connectivity index (χ3v) is 4.52. The molecule has 0 aromatic heterocycles. The maximum Gasteiger partial charge on any atom is 0.225 e. The zero-order valence-corrected chi connectivity index (χ0v) is 14.4. The smallest absolute Gasteiger partial charge is 0.225 e. The Labute approximate surface area is 141 Å². The maximum absolute atomic E-state index is 12.3. The van der Waals surface area contributed by atoms with Gasteiger partial charge in [-0.25, -0.2) is 0 Å². The van der Waals surface area contributed by atoms with E-state index in [1.54, 1.807) is 30.1 Å². The first kappa shape index (κ1) is 17.5. The van der Waals surface area contributed by atoms with Gasteiger partial charge in [0, 0.05) is 30.2 Å². The van der Waals surface area contributed by atoms with Crippen LogP contribution in [0.2, 0.25) is 10.0 Å². The number of aliphatic hydroxyl groups excluding tert-OH is 1. The van der Waals surface area contributed by atoms with Crippen LogP contribution in [0.1, 0.15) is 24.5 Å². The molecule has 1 fully saturated rings. The molecule has 1 heterocycles. The standard InChI is InChI=1S/C16H22Cl2N2O2/c1-19-4-3-11(9-19)10-20(2)16(22)8-15(21)12-5-13(17)7-14(18)6-12/h5-7,11,15,21H,3-4,8-10H2,1-2H3. The number of hydrogen-bond donors (Lipinski definition) is 1. The van der Waals surface area contributed by atoms with E-state index in [0.29, 0.717) is 21.5 Å². The van der Waals surface area contributed by atoms with Crippen LogP contribution in [0.25, 0.3) is 0 Å². The van der Waals surface area contributed by atoms with Crippen molar-refractivity contribution in [2.45, 2.75) is 18.9 Å². The van der Waals surface area contributed by atoms with Gasteiger partial charge in [0.15, 0.2) is 0 Å². The number of halogens is 2. The maximum atomic E-state index is 12.3. The van der Waals surface area contributed by atoms with Gasteiger partial charge in [0.05, 0.1) is 12.5 Å². The van der Waals surface area contributed by atoms with Gasteiger partial charge >= 0.3 is 0 Å². The van der Waals surface area contributed by atoms with Gasteiger partial charge in [-0.05, 0) is 49.7 Å². The molecule has 4 nitrogen and oxygen atoms in total. The zero-order chi connectivity index (χ0) is 16.3. The van der Waals surface area contributed by atoms with E-state index in [0.717, 1.165) is 26.1 Å². The Hall–Kier alpha value is -0.810. The topological polar surface area (TPSA) is 43.8 Å². The molecule has 6 heteroatoms. The van der Waals surface area contributed by atoms with Gasteiger partial charge in [0.25, 0.3) is 0 Å². The highest BCUT2D eigenvalue weighted by molar-refractivity contribution is 6.34. The molecule has 2 atom stereocenters. The fraction of sp³-hybridized carbons (Fsp3) is 0.562. The lowest BCUT2D eigenvalue weighted by atomic mass is 10.0. The molecule has 1 N–H and O–H groups in total. The van der Waals surface area contributed by atoms with E-state index in [4.69, 9.17) is 23.2 Å². The van der Waals surface area contributed by atoms with Crippen molar-refractivity contribution in [3.63, 3.8) is 0 Å². The lowest BCUT2D eigenvalue weighted by molar-refractivity contribution is -0.132. The second-order valence-corrected chi connectivity index (χ2v) is 6.99. The van der Waals surface area contributed by atoms with Gasteiger partial charge in [-0.3, -0.25) is 4.79 Å². The SMILES string of the molecule is CN1CCC(CN(C)C(=O)CC(O)c2cc(Cl)cc(Cl)c2)C1. The summed E-state index contributed by atoms with van der Waals surface area (Å²) in [7, 11) is 3.88. The minimum Gasteiger partial charge on any atom is -0.388 e. The molecule has 0 saturated carbocycles. The summed E-state index contributed by atoms with van der Waals surface area (Å²) in [5.41, 5.74) is 0.569. The summed E-state index contributed by atoms with van der Waals surface area (Å²) >= 11 is 11.8. The Morgan fingerprint density at radius 1 is 1.41 bits per heavy atom. The fourth-order valence-corrected chi connectivity index (χ4v) is 3.41. The molecule has 1 aliphatic rings. The van der Waals surface area contributed by atoms with Gasteiger partial charge in [0.2, 0.25) is 5.91 Å². The van der Waals surface area contributed by atoms with Crippen LogP contribution in [0.15, 0.2) is 18.2 Å². The van der Waals surface area contributed by atoms with Crippen molar-refractivity contribution in [3.05, 3.63) is 33.8 Å². The molecule has 1 aromatic rings. The molecular weight excluding hydrogens is 323 g/mol. The summed E-state index contributed by atoms with van der Waals surface area (Å²) < 4.78 is 0. The average Bonchev–Trinajstić information content (AvgIpc) is 2.82. The second-order valence-electron chi connectivity index (χ2n) is 6.11. The number of aliphatic hydroxyl groups is 1. The molecule has 1 aliphatic heterocycles. The molecule has 0 spiro atoms. The van der Waals surface area contributed by atoms with Crippen molar-refractivity contribution in [2.24, 2.45) is 5.92 Å². The zero-order valence-electron chi connectivity index (χ0n) is 12.9. The van der Waals surface area contributed by atoms with Crippen LogP contribution in [0.4, 0.5) is 0 Å². The quantitative estimate of drug-likeness (QED) is 0.893. The van der Waals surface area contributed by atoms with Gasteiger partial charge in [-0.1, -0.05) is 23.2 Å². The normalized spacial score (nSPS) is 20.1. The summed E-state index contributed by atoms with van der Waals surface area (Å²) in [4.78, 5) is 16.2. The highest BCUT2D eigenvalue weighted by Gasteiger charge is 2.24. The van der Waals surface area contributed by atoms with Crippen molar-refractivity contribution in [3.8, 4) is 0 Å². The Bertz CT molecular complexity index is 519. The highest BCUT2D eigenvalue weighted by atomic mass is 35.5. The van der Waals surface area contributed by atoms with Crippen LogP contribution < -0.4 is 0 Å². The van der Waals surface area contributed by atoms with Crippen LogP contribution in [0, 0.1) is 5.92 Å². The molecule has 0 bridgehead atoms. The largest absolute Gasteiger partial charge is 0.388 e. The Morgan fingerprint density at radius 2 is 2.05 bits per heavy atom. The summed E-state index contributed by atoms with van der Waals surface area (Å²) in [5, 5.41) is 11.1. The fourth-order valence-electron chi connectivity index (χ4n) is 2.87. The summed E-state index contributed by atoms with van der Waals surface area (Å²) in [6.45, 7) is 2.83. The molecule has 122 valence electrons. The van der Waals surface area contributed by atoms with Crippen molar-refractivity contribution in [2.75, 3.05) is 33.7 Å². The third kappa shape index (κ3) is 4.85. The number of rotatable bonds is 5. The van der Waals surface area contributed by atoms with Gasteiger partial charge in [-0.15, -0.1) is 0 Å². The molecule has 1 amide bonds. The molecule has 1 aromatic carbocycles. The number of benzene rings is 1. The number of hydrogen-bond acceptors (Lipinski definition) is 3. The van der Waals surface area contributed by atoms with E-state index in [1.165, 1.54) is 0 Å². The lowest BCUT2D eigenvalue weighted by Gasteiger charge is -2.22. The van der Waals surface area contributed by atoms with Crippen LogP contribution in [-0.2, 0) is 4.79 Å². The first-order chi connectivity index (χ1) is 10.3. The summed E-state index contributed by atoms with van der Waals surface area (Å²) in [6, 6.07) is 4.87. The van der Waals surface area contributed by atoms with E-state index in [-0.39, 0.29) is 12.3 Å². The minimum atomic E-state index is -0.891. The van der Waals surface area contributed by atoms with Crippen molar-refractivity contribution >= 4 is 29.1 Å². The third-order valence-electron chi connectivity index (χ3n) is 4.08. The number of carbonyl (C=O) groups is 1. The predicted molar refractivity (Wildman–Crippen MR) is 89.3 cm³/mol. The van der Waals surface area contributed by atoms with Crippen LogP contribution in [0.5, 0.6) is 0 Å². The van der Waals surface area contributed by atoms with Crippen molar-refractivity contribution in [1.29, 1.82) is 0 Å². The predicted octanol–water partition coefficient (Wildman–Crippen LogP) is 2.83. The number of amides is 1. The van der Waals surface area contributed by atoms with Crippen LogP contribution in [0.3, 0.4) is 0 Å². The lowest BCUT2D eigenvalue weighted by Crippen LogP contribution is -2.33. The van der Waals surface area contributed by atoms with E-state index in [9.17, 15) is 9.90 Å². The minimum absolute atomic E-state index is 0.0374. The van der Waals surface area contributed by atoms with Crippen molar-refractivity contribution < 1.29 is 9.90 Å².